The molecule has 34 heavy (non-hydrogen) atoms. The lowest BCUT2D eigenvalue weighted by molar-refractivity contribution is -0.137. The lowest BCUT2D eigenvalue weighted by Crippen LogP contribution is -2.35. The van der Waals surface area contributed by atoms with E-state index in [9.17, 15) is 18.0 Å². The third kappa shape index (κ3) is 4.49. The fraction of sp³-hybridized carbons (Fsp3) is 0.208. The van der Waals surface area contributed by atoms with Gasteiger partial charge in [-0.2, -0.15) is 13.2 Å². The van der Waals surface area contributed by atoms with Crippen LogP contribution in [0.2, 0.25) is 5.02 Å². The van der Waals surface area contributed by atoms with Crippen LogP contribution in [0.5, 0.6) is 0 Å². The Bertz CT molecular complexity index is 1400. The highest BCUT2D eigenvalue weighted by molar-refractivity contribution is 6.33. The van der Waals surface area contributed by atoms with Gasteiger partial charge in [0.25, 0.3) is 5.56 Å². The number of aromatic amines is 1. The molecule has 1 aromatic carbocycles. The highest BCUT2D eigenvalue weighted by Gasteiger charge is 2.31. The van der Waals surface area contributed by atoms with Gasteiger partial charge in [-0.1, -0.05) is 11.6 Å². The molecule has 4 heterocycles. The quantitative estimate of drug-likeness (QED) is 0.422. The van der Waals surface area contributed by atoms with Gasteiger partial charge < -0.3 is 9.40 Å². The van der Waals surface area contributed by atoms with E-state index in [2.05, 4.69) is 15.0 Å². The fourth-order valence-corrected chi connectivity index (χ4v) is 4.19. The Morgan fingerprint density at radius 1 is 1.12 bits per heavy atom. The molecule has 1 N–H and O–H groups in total. The van der Waals surface area contributed by atoms with E-state index in [4.69, 9.17) is 16.0 Å². The van der Waals surface area contributed by atoms with Crippen molar-refractivity contribution in [3.8, 4) is 22.7 Å². The van der Waals surface area contributed by atoms with Gasteiger partial charge in [-0.05, 0) is 42.5 Å². The average molecular weight is 487 g/mol. The molecule has 0 saturated heterocycles. The lowest BCUT2D eigenvalue weighted by Gasteiger charge is -2.26. The minimum absolute atomic E-state index is 0.170. The van der Waals surface area contributed by atoms with Gasteiger partial charge in [-0.25, -0.2) is 4.98 Å². The van der Waals surface area contributed by atoms with Crippen LogP contribution < -0.4 is 5.56 Å². The highest BCUT2D eigenvalue weighted by Crippen LogP contribution is 2.36. The summed E-state index contributed by atoms with van der Waals surface area (Å²) in [5, 5.41) is 0.170. The zero-order valence-corrected chi connectivity index (χ0v) is 18.5. The van der Waals surface area contributed by atoms with E-state index < -0.39 is 11.7 Å². The normalized spacial score (nSPS) is 14.2. The molecule has 3 aromatic heterocycles. The molecule has 0 saturated carbocycles. The monoisotopic (exact) mass is 486 g/mol. The topological polar surface area (TPSA) is 75.0 Å². The first-order valence-corrected chi connectivity index (χ1v) is 10.9. The molecule has 0 atom stereocenters. The number of pyridine rings is 1. The number of rotatable bonds is 4. The van der Waals surface area contributed by atoms with Crippen molar-refractivity contribution in [2.75, 3.05) is 6.54 Å². The molecule has 10 heteroatoms. The van der Waals surface area contributed by atoms with Crippen LogP contribution in [0, 0.1) is 0 Å². The molecule has 0 unspecified atom stereocenters. The molecule has 174 valence electrons. The van der Waals surface area contributed by atoms with Crippen LogP contribution in [0.4, 0.5) is 13.2 Å². The summed E-state index contributed by atoms with van der Waals surface area (Å²) in [5.74, 6) is 1.32. The maximum atomic E-state index is 13.1. The van der Waals surface area contributed by atoms with Crippen molar-refractivity contribution in [2.45, 2.75) is 25.7 Å². The van der Waals surface area contributed by atoms with Crippen molar-refractivity contribution in [2.24, 2.45) is 0 Å². The van der Waals surface area contributed by atoms with Gasteiger partial charge in [-0.15, -0.1) is 0 Å². The van der Waals surface area contributed by atoms with Gasteiger partial charge in [0.1, 0.15) is 17.3 Å². The summed E-state index contributed by atoms with van der Waals surface area (Å²) in [4.78, 5) is 26.2. The Morgan fingerprint density at radius 3 is 2.68 bits per heavy atom. The second kappa shape index (κ2) is 8.73. The molecule has 0 aliphatic carbocycles. The first kappa shape index (κ1) is 22.4. The number of alkyl halides is 3. The van der Waals surface area contributed by atoms with E-state index in [0.29, 0.717) is 43.2 Å². The summed E-state index contributed by atoms with van der Waals surface area (Å²) in [6, 6.07) is 10.00. The van der Waals surface area contributed by atoms with Gasteiger partial charge in [0, 0.05) is 43.0 Å². The van der Waals surface area contributed by atoms with Crippen molar-refractivity contribution < 1.29 is 17.6 Å². The third-order valence-corrected chi connectivity index (χ3v) is 6.03. The zero-order valence-electron chi connectivity index (χ0n) is 17.7. The van der Waals surface area contributed by atoms with Crippen molar-refractivity contribution in [1.29, 1.82) is 0 Å². The molecular weight excluding hydrogens is 469 g/mol. The Balaban J connectivity index is 1.34. The van der Waals surface area contributed by atoms with Gasteiger partial charge in [-0.3, -0.25) is 14.7 Å². The number of hydrogen-bond donors (Lipinski definition) is 1. The molecule has 0 radical (unpaired) electrons. The number of nitrogens with zero attached hydrogens (tertiary/aromatic N) is 3. The fourth-order valence-electron chi connectivity index (χ4n) is 3.98. The smallest absolute Gasteiger partial charge is 0.416 e. The molecular formula is C24H18ClF3N4O2. The predicted molar refractivity (Wildman–Crippen MR) is 120 cm³/mol. The molecule has 0 amide bonds. The van der Waals surface area contributed by atoms with E-state index in [1.165, 1.54) is 6.07 Å². The van der Waals surface area contributed by atoms with Crippen LogP contribution in [-0.2, 0) is 25.7 Å². The van der Waals surface area contributed by atoms with E-state index in [1.54, 1.807) is 36.7 Å². The van der Waals surface area contributed by atoms with Crippen molar-refractivity contribution >= 4 is 11.6 Å². The standard InChI is InChI=1S/C24H18ClF3N4O2/c25-19-3-1-15(24(26,27)28)11-17(19)21-4-2-16(34-21)12-32-10-7-20-18(13-32)23(33)31-22(30-20)14-5-8-29-9-6-14/h1-6,8-9,11H,7,10,12-13H2,(H,30,31,33). The minimum atomic E-state index is -4.48. The van der Waals surface area contributed by atoms with E-state index >= 15 is 0 Å². The van der Waals surface area contributed by atoms with Crippen LogP contribution >= 0.6 is 11.6 Å². The third-order valence-electron chi connectivity index (χ3n) is 5.70. The first-order valence-electron chi connectivity index (χ1n) is 10.5. The molecule has 5 rings (SSSR count). The van der Waals surface area contributed by atoms with Gasteiger partial charge in [0.2, 0.25) is 0 Å². The van der Waals surface area contributed by atoms with Crippen molar-refractivity contribution in [1.82, 2.24) is 19.9 Å². The molecule has 4 aromatic rings. The number of benzene rings is 1. The Kier molecular flexibility index (Phi) is 5.75. The average Bonchev–Trinajstić information content (AvgIpc) is 3.27. The number of furan rings is 1. The maximum absolute atomic E-state index is 13.1. The number of H-pyrrole nitrogens is 1. The van der Waals surface area contributed by atoms with E-state index in [-0.39, 0.29) is 21.9 Å². The van der Waals surface area contributed by atoms with Gasteiger partial charge in [0.15, 0.2) is 0 Å². The van der Waals surface area contributed by atoms with Gasteiger partial charge in [0.05, 0.1) is 28.4 Å². The maximum Gasteiger partial charge on any atom is 0.416 e. The van der Waals surface area contributed by atoms with Gasteiger partial charge >= 0.3 is 6.18 Å². The van der Waals surface area contributed by atoms with Crippen LogP contribution in [0.25, 0.3) is 22.7 Å². The van der Waals surface area contributed by atoms with Crippen LogP contribution in [0.1, 0.15) is 22.6 Å². The number of aromatic nitrogens is 3. The largest absolute Gasteiger partial charge is 0.460 e. The summed E-state index contributed by atoms with van der Waals surface area (Å²) in [6.45, 7) is 1.43. The lowest BCUT2D eigenvalue weighted by atomic mass is 10.1. The summed E-state index contributed by atoms with van der Waals surface area (Å²) in [7, 11) is 0. The SMILES string of the molecule is O=c1[nH]c(-c2ccncc2)nc2c1CN(Cc1ccc(-c3cc(C(F)(F)F)ccc3Cl)o1)CC2. The zero-order chi connectivity index (χ0) is 23.9. The van der Waals surface area contributed by atoms with Crippen molar-refractivity contribution in [3.63, 3.8) is 0 Å². The Hall–Kier alpha value is -3.43. The first-order chi connectivity index (χ1) is 16.3. The van der Waals surface area contributed by atoms with Crippen LogP contribution in [0.15, 0.2) is 64.1 Å². The van der Waals surface area contributed by atoms with Crippen LogP contribution in [-0.4, -0.2) is 26.4 Å². The molecule has 0 spiro atoms. The minimum Gasteiger partial charge on any atom is -0.460 e. The Morgan fingerprint density at radius 2 is 1.91 bits per heavy atom. The molecule has 1 aliphatic rings. The molecule has 6 nitrogen and oxygen atoms in total. The van der Waals surface area contributed by atoms with E-state index in [1.807, 2.05) is 4.90 Å². The Labute approximate surface area is 197 Å². The number of nitrogens with one attached hydrogen (secondary N) is 1. The summed E-state index contributed by atoms with van der Waals surface area (Å²) < 4.78 is 45.1. The number of hydrogen-bond acceptors (Lipinski definition) is 5. The summed E-state index contributed by atoms with van der Waals surface area (Å²) in [5.41, 5.74) is 1.32. The molecule has 0 fully saturated rings. The second-order valence-electron chi connectivity index (χ2n) is 7.99. The summed E-state index contributed by atoms with van der Waals surface area (Å²) in [6.07, 6.45) is -0.611. The van der Waals surface area contributed by atoms with Crippen molar-refractivity contribution in [3.05, 3.63) is 92.8 Å². The van der Waals surface area contributed by atoms with E-state index in [0.717, 1.165) is 23.4 Å². The molecule has 1 aliphatic heterocycles. The number of fused-ring (bicyclic) bond motifs is 1. The summed E-state index contributed by atoms with van der Waals surface area (Å²) >= 11 is 6.13. The molecule has 0 bridgehead atoms. The number of halogens is 4. The van der Waals surface area contributed by atoms with Crippen LogP contribution in [0.3, 0.4) is 0 Å². The highest BCUT2D eigenvalue weighted by atomic mass is 35.5. The predicted octanol–water partition coefficient (Wildman–Crippen LogP) is 5.32. The second-order valence-corrected chi connectivity index (χ2v) is 8.40.